The van der Waals surface area contributed by atoms with Crippen molar-refractivity contribution >= 4 is 33.2 Å². The van der Waals surface area contributed by atoms with Gasteiger partial charge in [0.25, 0.3) is 10.0 Å². The number of hydrogen-bond donors (Lipinski definition) is 0. The number of rotatable bonds is 6. The lowest BCUT2D eigenvalue weighted by Gasteiger charge is -2.33. The lowest BCUT2D eigenvalue weighted by molar-refractivity contribution is -0.130. The summed E-state index contributed by atoms with van der Waals surface area (Å²) in [6.07, 6.45) is 5.32. The van der Waals surface area contributed by atoms with Crippen molar-refractivity contribution in [2.24, 2.45) is 0 Å². The molecule has 5 nitrogen and oxygen atoms in total. The van der Waals surface area contributed by atoms with E-state index in [0.29, 0.717) is 16.3 Å². The number of nitrogens with zero attached hydrogens (tertiary/aromatic N) is 2. The molecule has 30 heavy (non-hydrogen) atoms. The van der Waals surface area contributed by atoms with Gasteiger partial charge in [-0.3, -0.25) is 9.10 Å². The number of carbonyl (C=O) groups is 1. The number of aryl methyl sites for hydroxylation is 2. The lowest BCUT2D eigenvalue weighted by Crippen LogP contribution is -2.46. The number of sulfonamides is 1. The van der Waals surface area contributed by atoms with Gasteiger partial charge in [-0.2, -0.15) is 0 Å². The zero-order valence-corrected chi connectivity index (χ0v) is 19.3. The highest BCUT2D eigenvalue weighted by Gasteiger charge is 2.31. The zero-order valence-electron chi connectivity index (χ0n) is 17.8. The first-order valence-electron chi connectivity index (χ1n) is 10.3. The van der Waals surface area contributed by atoms with Crippen LogP contribution in [-0.4, -0.2) is 38.9 Å². The van der Waals surface area contributed by atoms with E-state index in [4.69, 9.17) is 11.6 Å². The van der Waals surface area contributed by atoms with E-state index in [2.05, 4.69) is 0 Å². The Hall–Kier alpha value is -2.05. The molecule has 1 aliphatic rings. The summed E-state index contributed by atoms with van der Waals surface area (Å²) >= 11 is 6.08. The number of likely N-dealkylation sites (N-methyl/N-ethyl adjacent to an activating group) is 1. The van der Waals surface area contributed by atoms with Gasteiger partial charge in [0.1, 0.15) is 6.54 Å². The molecule has 1 aliphatic carbocycles. The minimum absolute atomic E-state index is 0.163. The van der Waals surface area contributed by atoms with Crippen LogP contribution < -0.4 is 4.31 Å². The second kappa shape index (κ2) is 9.40. The van der Waals surface area contributed by atoms with Gasteiger partial charge in [-0.15, -0.1) is 0 Å². The summed E-state index contributed by atoms with van der Waals surface area (Å²) in [6, 6.07) is 11.9. The van der Waals surface area contributed by atoms with Crippen molar-refractivity contribution in [3.8, 4) is 0 Å². The topological polar surface area (TPSA) is 57.7 Å². The van der Waals surface area contributed by atoms with E-state index in [-0.39, 0.29) is 23.4 Å². The fourth-order valence-corrected chi connectivity index (χ4v) is 5.65. The zero-order chi connectivity index (χ0) is 21.9. The number of anilines is 1. The average molecular weight is 449 g/mol. The predicted molar refractivity (Wildman–Crippen MR) is 122 cm³/mol. The molecule has 0 aliphatic heterocycles. The molecule has 0 spiro atoms. The SMILES string of the molecule is Cc1ccc(S(=O)(=O)N(CC(=O)N(C)C2CCCCC2)c2ccc(Cl)cc2C)cc1. The van der Waals surface area contributed by atoms with Gasteiger partial charge in [-0.1, -0.05) is 48.6 Å². The minimum Gasteiger partial charge on any atom is -0.341 e. The molecule has 0 bridgehead atoms. The van der Waals surface area contributed by atoms with Crippen molar-refractivity contribution in [3.05, 3.63) is 58.6 Å². The van der Waals surface area contributed by atoms with Gasteiger partial charge in [-0.05, 0) is 62.6 Å². The first kappa shape index (κ1) is 22.6. The molecule has 1 fully saturated rings. The van der Waals surface area contributed by atoms with Crippen LogP contribution in [0.2, 0.25) is 5.02 Å². The molecule has 1 amide bonds. The summed E-state index contributed by atoms with van der Waals surface area (Å²) in [5, 5.41) is 0.523. The van der Waals surface area contributed by atoms with Gasteiger partial charge in [0.05, 0.1) is 10.6 Å². The van der Waals surface area contributed by atoms with Crippen molar-refractivity contribution < 1.29 is 13.2 Å². The Morgan fingerprint density at radius 1 is 1.03 bits per heavy atom. The standard InChI is InChI=1S/C23H29ClN2O3S/c1-17-9-12-21(13-10-17)30(28,29)26(22-14-11-19(24)15-18(22)2)16-23(27)25(3)20-7-5-4-6-8-20/h9-15,20H,4-8,16H2,1-3H3. The van der Waals surface area contributed by atoms with Crippen LogP contribution in [0.3, 0.4) is 0 Å². The van der Waals surface area contributed by atoms with Gasteiger partial charge in [0.2, 0.25) is 5.91 Å². The van der Waals surface area contributed by atoms with Crippen molar-refractivity contribution in [1.29, 1.82) is 0 Å². The van der Waals surface area contributed by atoms with E-state index < -0.39 is 10.0 Å². The van der Waals surface area contributed by atoms with Crippen LogP contribution in [0.5, 0.6) is 0 Å². The van der Waals surface area contributed by atoms with Crippen molar-refractivity contribution in [2.75, 3.05) is 17.9 Å². The van der Waals surface area contributed by atoms with Gasteiger partial charge in [-0.25, -0.2) is 8.42 Å². The molecule has 3 rings (SSSR count). The molecule has 0 heterocycles. The highest BCUT2D eigenvalue weighted by atomic mass is 35.5. The highest BCUT2D eigenvalue weighted by Crippen LogP contribution is 2.30. The fraction of sp³-hybridized carbons (Fsp3) is 0.435. The largest absolute Gasteiger partial charge is 0.341 e. The number of benzene rings is 2. The summed E-state index contributed by atoms with van der Waals surface area (Å²) in [4.78, 5) is 15.0. The van der Waals surface area contributed by atoms with Gasteiger partial charge < -0.3 is 4.90 Å². The molecule has 0 atom stereocenters. The van der Waals surface area contributed by atoms with Crippen LogP contribution in [0.25, 0.3) is 0 Å². The average Bonchev–Trinajstić information content (AvgIpc) is 2.72. The first-order chi connectivity index (χ1) is 14.2. The summed E-state index contributed by atoms with van der Waals surface area (Å²) in [7, 11) is -2.14. The van der Waals surface area contributed by atoms with Crippen LogP contribution in [-0.2, 0) is 14.8 Å². The number of carbonyl (C=O) groups excluding carboxylic acids is 1. The smallest absolute Gasteiger partial charge is 0.264 e. The highest BCUT2D eigenvalue weighted by molar-refractivity contribution is 7.92. The Bertz CT molecular complexity index is 1000. The van der Waals surface area contributed by atoms with Crippen LogP contribution in [0.4, 0.5) is 5.69 Å². The molecule has 162 valence electrons. The second-order valence-corrected chi connectivity index (χ2v) is 10.4. The van der Waals surface area contributed by atoms with Crippen LogP contribution >= 0.6 is 11.6 Å². The third kappa shape index (κ3) is 4.98. The van der Waals surface area contributed by atoms with Gasteiger partial charge in [0, 0.05) is 18.1 Å². The van der Waals surface area contributed by atoms with Crippen molar-refractivity contribution in [2.45, 2.75) is 56.9 Å². The Labute approximate surface area is 184 Å². The van der Waals surface area contributed by atoms with Gasteiger partial charge in [0.15, 0.2) is 0 Å². The maximum atomic E-state index is 13.5. The molecule has 0 aromatic heterocycles. The number of halogens is 1. The molecule has 7 heteroatoms. The molecule has 2 aromatic carbocycles. The maximum absolute atomic E-state index is 13.5. The third-order valence-electron chi connectivity index (χ3n) is 5.83. The predicted octanol–water partition coefficient (Wildman–Crippen LogP) is 4.94. The molecular formula is C23H29ClN2O3S. The van der Waals surface area contributed by atoms with E-state index in [1.807, 2.05) is 6.92 Å². The minimum atomic E-state index is -3.92. The quantitative estimate of drug-likeness (QED) is 0.628. The van der Waals surface area contributed by atoms with Crippen LogP contribution in [0, 0.1) is 13.8 Å². The molecule has 2 aromatic rings. The van der Waals surface area contributed by atoms with E-state index >= 15 is 0 Å². The molecular weight excluding hydrogens is 420 g/mol. The second-order valence-electron chi connectivity index (χ2n) is 8.05. The monoisotopic (exact) mass is 448 g/mol. The Morgan fingerprint density at radius 2 is 1.67 bits per heavy atom. The van der Waals surface area contributed by atoms with Crippen LogP contribution in [0.1, 0.15) is 43.2 Å². The van der Waals surface area contributed by atoms with E-state index in [9.17, 15) is 13.2 Å². The van der Waals surface area contributed by atoms with Gasteiger partial charge >= 0.3 is 0 Å². The van der Waals surface area contributed by atoms with E-state index in [1.165, 1.54) is 10.7 Å². The van der Waals surface area contributed by atoms with Crippen LogP contribution in [0.15, 0.2) is 47.4 Å². The van der Waals surface area contributed by atoms with Crippen molar-refractivity contribution in [3.63, 3.8) is 0 Å². The summed E-state index contributed by atoms with van der Waals surface area (Å²) in [6.45, 7) is 3.46. The molecule has 0 saturated heterocycles. The maximum Gasteiger partial charge on any atom is 0.264 e. The molecule has 0 unspecified atom stereocenters. The Balaban J connectivity index is 1.97. The number of amides is 1. The lowest BCUT2D eigenvalue weighted by atomic mass is 9.94. The van der Waals surface area contributed by atoms with E-state index in [0.717, 1.165) is 31.2 Å². The molecule has 1 saturated carbocycles. The molecule has 0 N–H and O–H groups in total. The van der Waals surface area contributed by atoms with Crippen molar-refractivity contribution in [1.82, 2.24) is 4.90 Å². The summed E-state index contributed by atoms with van der Waals surface area (Å²) < 4.78 is 28.3. The Kier molecular flexibility index (Phi) is 7.09. The summed E-state index contributed by atoms with van der Waals surface area (Å²) in [5.74, 6) is -0.202. The third-order valence-corrected chi connectivity index (χ3v) is 7.84. The molecule has 0 radical (unpaired) electrons. The van der Waals surface area contributed by atoms with E-state index in [1.54, 1.807) is 61.3 Å². The fourth-order valence-electron chi connectivity index (χ4n) is 3.94. The summed E-state index contributed by atoms with van der Waals surface area (Å²) in [5.41, 5.74) is 2.13. The Morgan fingerprint density at radius 3 is 2.27 bits per heavy atom. The first-order valence-corrected chi connectivity index (χ1v) is 12.1. The number of hydrogen-bond acceptors (Lipinski definition) is 3. The normalized spacial score (nSPS) is 15.1.